The highest BCUT2D eigenvalue weighted by molar-refractivity contribution is 7.89. The van der Waals surface area contributed by atoms with Crippen molar-refractivity contribution in [1.29, 1.82) is 0 Å². The van der Waals surface area contributed by atoms with Crippen molar-refractivity contribution in [3.63, 3.8) is 0 Å². The van der Waals surface area contributed by atoms with Gasteiger partial charge < -0.3 is 0 Å². The lowest BCUT2D eigenvalue weighted by molar-refractivity contribution is 0.581. The van der Waals surface area contributed by atoms with E-state index in [-0.39, 0.29) is 11.4 Å². The summed E-state index contributed by atoms with van der Waals surface area (Å²) in [5.41, 5.74) is 1.87. The fourth-order valence-corrected chi connectivity index (χ4v) is 2.91. The van der Waals surface area contributed by atoms with E-state index in [1.807, 2.05) is 13.0 Å². The van der Waals surface area contributed by atoms with Crippen molar-refractivity contribution in [3.8, 4) is 0 Å². The van der Waals surface area contributed by atoms with Gasteiger partial charge in [0.1, 0.15) is 0 Å². The van der Waals surface area contributed by atoms with Gasteiger partial charge in [0.2, 0.25) is 10.0 Å². The molecule has 19 heavy (non-hydrogen) atoms. The third-order valence-electron chi connectivity index (χ3n) is 2.82. The molecule has 0 aromatic heterocycles. The molecule has 0 unspecified atom stereocenters. The van der Waals surface area contributed by atoms with Gasteiger partial charge in [0.15, 0.2) is 0 Å². The van der Waals surface area contributed by atoms with Crippen molar-refractivity contribution in [3.05, 3.63) is 64.7 Å². The summed E-state index contributed by atoms with van der Waals surface area (Å²) < 4.78 is 26.7. The summed E-state index contributed by atoms with van der Waals surface area (Å²) in [6.45, 7) is 2.14. The Kier molecular flexibility index (Phi) is 4.24. The normalized spacial score (nSPS) is 11.5. The molecule has 5 heteroatoms. The van der Waals surface area contributed by atoms with E-state index in [1.54, 1.807) is 42.5 Å². The zero-order chi connectivity index (χ0) is 13.9. The first-order chi connectivity index (χ1) is 8.99. The van der Waals surface area contributed by atoms with Crippen LogP contribution in [0.25, 0.3) is 0 Å². The second-order valence-electron chi connectivity index (χ2n) is 4.21. The Labute approximate surface area is 118 Å². The highest BCUT2D eigenvalue weighted by Crippen LogP contribution is 2.16. The minimum Gasteiger partial charge on any atom is -0.207 e. The zero-order valence-electron chi connectivity index (χ0n) is 10.4. The topological polar surface area (TPSA) is 46.2 Å². The quantitative estimate of drug-likeness (QED) is 0.942. The molecule has 2 rings (SSSR count). The average Bonchev–Trinajstić information content (AvgIpc) is 2.41. The third kappa shape index (κ3) is 3.56. The molecule has 0 amide bonds. The van der Waals surface area contributed by atoms with Crippen molar-refractivity contribution >= 4 is 21.6 Å². The number of hydrogen-bond acceptors (Lipinski definition) is 2. The lowest BCUT2D eigenvalue weighted by Gasteiger charge is -2.09. The first kappa shape index (κ1) is 14.1. The largest absolute Gasteiger partial charge is 0.240 e. The maximum Gasteiger partial charge on any atom is 0.240 e. The van der Waals surface area contributed by atoms with Crippen LogP contribution < -0.4 is 4.72 Å². The van der Waals surface area contributed by atoms with Gasteiger partial charge in [0.05, 0.1) is 4.90 Å². The molecule has 0 saturated carbocycles. The standard InChI is InChI=1S/C14H14ClNO2S/c1-11-7-8-13(15)9-12(11)10-16-19(17,18)14-5-3-2-4-6-14/h2-9,16H,10H2,1H3. The molecule has 0 fully saturated rings. The van der Waals surface area contributed by atoms with Crippen molar-refractivity contribution in [2.45, 2.75) is 18.4 Å². The third-order valence-corrected chi connectivity index (χ3v) is 4.47. The molecule has 2 aromatic carbocycles. The first-order valence-corrected chi connectivity index (χ1v) is 7.65. The lowest BCUT2D eigenvalue weighted by Crippen LogP contribution is -2.23. The minimum atomic E-state index is -3.48. The number of halogens is 1. The maximum absolute atomic E-state index is 12.1. The van der Waals surface area contributed by atoms with Gasteiger partial charge in [-0.05, 0) is 42.3 Å². The van der Waals surface area contributed by atoms with E-state index in [4.69, 9.17) is 11.6 Å². The van der Waals surface area contributed by atoms with Crippen molar-refractivity contribution in [1.82, 2.24) is 4.72 Å². The fraction of sp³-hybridized carbons (Fsp3) is 0.143. The molecule has 2 aromatic rings. The number of aryl methyl sites for hydroxylation is 1. The number of sulfonamides is 1. The molecule has 0 aliphatic heterocycles. The lowest BCUT2D eigenvalue weighted by atomic mass is 10.1. The van der Waals surface area contributed by atoms with Gasteiger partial charge in [-0.25, -0.2) is 13.1 Å². The summed E-state index contributed by atoms with van der Waals surface area (Å²) in [6.07, 6.45) is 0. The van der Waals surface area contributed by atoms with Gasteiger partial charge in [-0.2, -0.15) is 0 Å². The van der Waals surface area contributed by atoms with Gasteiger partial charge in [0, 0.05) is 11.6 Å². The summed E-state index contributed by atoms with van der Waals surface area (Å²) in [6, 6.07) is 13.7. The summed E-state index contributed by atoms with van der Waals surface area (Å²) in [5, 5.41) is 0.597. The van der Waals surface area contributed by atoms with Crippen LogP contribution in [0.4, 0.5) is 0 Å². The Bertz CT molecular complexity index is 669. The molecule has 1 N–H and O–H groups in total. The van der Waals surface area contributed by atoms with Crippen LogP contribution in [-0.4, -0.2) is 8.42 Å². The highest BCUT2D eigenvalue weighted by atomic mass is 35.5. The molecule has 0 saturated heterocycles. The second-order valence-corrected chi connectivity index (χ2v) is 6.41. The number of benzene rings is 2. The fourth-order valence-electron chi connectivity index (χ4n) is 1.69. The molecular formula is C14H14ClNO2S. The maximum atomic E-state index is 12.1. The Morgan fingerprint density at radius 2 is 1.79 bits per heavy atom. The van der Waals surface area contributed by atoms with E-state index in [0.29, 0.717) is 5.02 Å². The van der Waals surface area contributed by atoms with Gasteiger partial charge >= 0.3 is 0 Å². The molecule has 0 spiro atoms. The second kappa shape index (κ2) is 5.74. The van der Waals surface area contributed by atoms with Crippen LogP contribution in [0.3, 0.4) is 0 Å². The van der Waals surface area contributed by atoms with Crippen molar-refractivity contribution in [2.75, 3.05) is 0 Å². The van der Waals surface area contributed by atoms with Gasteiger partial charge in [-0.15, -0.1) is 0 Å². The smallest absolute Gasteiger partial charge is 0.207 e. The van der Waals surface area contributed by atoms with Crippen LogP contribution in [0.15, 0.2) is 53.4 Å². The summed E-state index contributed by atoms with van der Waals surface area (Å²) in [4.78, 5) is 0.259. The molecule has 0 radical (unpaired) electrons. The predicted octanol–water partition coefficient (Wildman–Crippen LogP) is 3.13. The van der Waals surface area contributed by atoms with Crippen LogP contribution in [0.5, 0.6) is 0 Å². The van der Waals surface area contributed by atoms with Crippen LogP contribution in [0.2, 0.25) is 5.02 Å². The van der Waals surface area contributed by atoms with Crippen molar-refractivity contribution < 1.29 is 8.42 Å². The zero-order valence-corrected chi connectivity index (χ0v) is 12.0. The van der Waals surface area contributed by atoms with Gasteiger partial charge in [-0.3, -0.25) is 0 Å². The van der Waals surface area contributed by atoms with Gasteiger partial charge in [-0.1, -0.05) is 35.9 Å². The highest BCUT2D eigenvalue weighted by Gasteiger charge is 2.13. The van der Waals surface area contributed by atoms with Crippen LogP contribution >= 0.6 is 11.6 Å². The average molecular weight is 296 g/mol. The van der Waals surface area contributed by atoms with E-state index in [1.165, 1.54) is 0 Å². The molecule has 100 valence electrons. The van der Waals surface area contributed by atoms with Crippen LogP contribution in [0, 0.1) is 6.92 Å². The van der Waals surface area contributed by atoms with Crippen LogP contribution in [0.1, 0.15) is 11.1 Å². The van der Waals surface area contributed by atoms with Crippen molar-refractivity contribution in [2.24, 2.45) is 0 Å². The molecule has 0 bridgehead atoms. The SMILES string of the molecule is Cc1ccc(Cl)cc1CNS(=O)(=O)c1ccccc1. The summed E-state index contributed by atoms with van der Waals surface area (Å²) in [7, 11) is -3.48. The molecular weight excluding hydrogens is 282 g/mol. The van der Waals surface area contributed by atoms with E-state index < -0.39 is 10.0 Å². The molecule has 0 heterocycles. The van der Waals surface area contributed by atoms with Gasteiger partial charge in [0.25, 0.3) is 0 Å². The molecule has 0 aliphatic rings. The molecule has 0 aliphatic carbocycles. The Balaban J connectivity index is 2.17. The Morgan fingerprint density at radius 1 is 1.11 bits per heavy atom. The monoisotopic (exact) mass is 295 g/mol. The first-order valence-electron chi connectivity index (χ1n) is 5.79. The van der Waals surface area contributed by atoms with E-state index in [9.17, 15) is 8.42 Å². The molecule has 0 atom stereocenters. The number of hydrogen-bond donors (Lipinski definition) is 1. The summed E-state index contributed by atoms with van der Waals surface area (Å²) >= 11 is 5.91. The Morgan fingerprint density at radius 3 is 2.47 bits per heavy atom. The molecule has 3 nitrogen and oxygen atoms in total. The predicted molar refractivity (Wildman–Crippen MR) is 76.7 cm³/mol. The Hall–Kier alpha value is -1.36. The van der Waals surface area contributed by atoms with E-state index in [0.717, 1.165) is 11.1 Å². The summed E-state index contributed by atoms with van der Waals surface area (Å²) in [5.74, 6) is 0. The van der Waals surface area contributed by atoms with E-state index in [2.05, 4.69) is 4.72 Å². The number of rotatable bonds is 4. The van der Waals surface area contributed by atoms with Crippen LogP contribution in [-0.2, 0) is 16.6 Å². The number of nitrogens with one attached hydrogen (secondary N) is 1. The van der Waals surface area contributed by atoms with E-state index >= 15 is 0 Å². The minimum absolute atomic E-state index is 0.226.